The van der Waals surface area contributed by atoms with E-state index in [0.29, 0.717) is 33.4 Å². The number of benzene rings is 2. The first kappa shape index (κ1) is 19.6. The second-order valence-corrected chi connectivity index (χ2v) is 5.74. The molecule has 0 spiro atoms. The third kappa shape index (κ3) is 4.89. The van der Waals surface area contributed by atoms with Crippen LogP contribution in [0.4, 0.5) is 0 Å². The van der Waals surface area contributed by atoms with Gasteiger partial charge in [-0.15, -0.1) is 0 Å². The predicted molar refractivity (Wildman–Crippen MR) is 96.5 cm³/mol. The Morgan fingerprint density at radius 1 is 0.962 bits per heavy atom. The second-order valence-electron chi connectivity index (χ2n) is 5.30. The number of ether oxygens (including phenoxy) is 4. The zero-order chi connectivity index (χ0) is 19.1. The summed E-state index contributed by atoms with van der Waals surface area (Å²) in [5.74, 6) is 0.429. The molecule has 2 rings (SSSR count). The predicted octanol–water partition coefficient (Wildman–Crippen LogP) is 3.33. The smallest absolute Gasteiger partial charge is 0.310 e. The average Bonchev–Trinajstić information content (AvgIpc) is 2.65. The monoisotopic (exact) mass is 378 g/mol. The molecule has 0 N–H and O–H groups in total. The molecule has 0 heterocycles. The summed E-state index contributed by atoms with van der Waals surface area (Å²) < 4.78 is 20.8. The van der Waals surface area contributed by atoms with E-state index >= 15 is 0 Å². The summed E-state index contributed by atoms with van der Waals surface area (Å²) in [7, 11) is 4.47. The minimum absolute atomic E-state index is 0.0421. The number of hydrogen-bond acceptors (Lipinski definition) is 6. The van der Waals surface area contributed by atoms with Crippen molar-refractivity contribution in [3.63, 3.8) is 0 Å². The van der Waals surface area contributed by atoms with Gasteiger partial charge in [-0.05, 0) is 29.8 Å². The van der Waals surface area contributed by atoms with Gasteiger partial charge in [-0.25, -0.2) is 0 Å². The SMILES string of the molecule is COc1cc(CC(=O)OCC(=O)c2cccc(Cl)c2)cc(OC)c1OC. The van der Waals surface area contributed by atoms with Gasteiger partial charge in [0, 0.05) is 10.6 Å². The van der Waals surface area contributed by atoms with Crippen LogP contribution in [0, 0.1) is 0 Å². The molecule has 6 nitrogen and oxygen atoms in total. The number of esters is 1. The Hall–Kier alpha value is -2.73. The van der Waals surface area contributed by atoms with E-state index in [0.717, 1.165) is 0 Å². The lowest BCUT2D eigenvalue weighted by Gasteiger charge is -2.14. The molecule has 0 aliphatic rings. The van der Waals surface area contributed by atoms with Crippen molar-refractivity contribution in [2.45, 2.75) is 6.42 Å². The molecule has 7 heteroatoms. The van der Waals surface area contributed by atoms with E-state index in [2.05, 4.69) is 0 Å². The summed E-state index contributed by atoms with van der Waals surface area (Å²) in [6.07, 6.45) is -0.0421. The first-order valence-electron chi connectivity index (χ1n) is 7.71. The largest absolute Gasteiger partial charge is 0.493 e. The lowest BCUT2D eigenvalue weighted by molar-refractivity contribution is -0.141. The molecular weight excluding hydrogens is 360 g/mol. The van der Waals surface area contributed by atoms with Crippen molar-refractivity contribution in [3.05, 3.63) is 52.5 Å². The number of rotatable bonds is 8. The Morgan fingerprint density at radius 3 is 2.15 bits per heavy atom. The van der Waals surface area contributed by atoms with Crippen molar-refractivity contribution in [1.29, 1.82) is 0 Å². The molecule has 2 aromatic rings. The van der Waals surface area contributed by atoms with Crippen LogP contribution in [0.25, 0.3) is 0 Å². The highest BCUT2D eigenvalue weighted by Crippen LogP contribution is 2.38. The number of halogens is 1. The Morgan fingerprint density at radius 2 is 1.62 bits per heavy atom. The van der Waals surface area contributed by atoms with Gasteiger partial charge in [0.25, 0.3) is 0 Å². The topological polar surface area (TPSA) is 71.1 Å². The molecule has 0 radical (unpaired) electrons. The van der Waals surface area contributed by atoms with Gasteiger partial charge >= 0.3 is 5.97 Å². The van der Waals surface area contributed by atoms with Crippen molar-refractivity contribution in [2.75, 3.05) is 27.9 Å². The van der Waals surface area contributed by atoms with Gasteiger partial charge in [-0.3, -0.25) is 9.59 Å². The minimum atomic E-state index is -0.547. The summed E-state index contributed by atoms with van der Waals surface area (Å²) in [6, 6.07) is 9.77. The maximum Gasteiger partial charge on any atom is 0.310 e. The van der Waals surface area contributed by atoms with Crippen LogP contribution >= 0.6 is 11.6 Å². The van der Waals surface area contributed by atoms with Gasteiger partial charge in [0.1, 0.15) is 0 Å². The van der Waals surface area contributed by atoms with Gasteiger partial charge in [-0.2, -0.15) is 0 Å². The highest BCUT2D eigenvalue weighted by molar-refractivity contribution is 6.31. The second kappa shape index (κ2) is 9.10. The fraction of sp³-hybridized carbons (Fsp3) is 0.263. The number of carbonyl (C=O) groups is 2. The van der Waals surface area contributed by atoms with Crippen LogP contribution in [0.2, 0.25) is 5.02 Å². The van der Waals surface area contributed by atoms with Gasteiger partial charge < -0.3 is 18.9 Å². The molecular formula is C19H19ClO6. The molecule has 0 amide bonds. The molecule has 0 atom stereocenters. The van der Waals surface area contributed by atoms with Crippen LogP contribution in [0.5, 0.6) is 17.2 Å². The van der Waals surface area contributed by atoms with E-state index in [1.54, 1.807) is 30.3 Å². The third-order valence-electron chi connectivity index (χ3n) is 3.58. The number of ketones is 1. The molecule has 26 heavy (non-hydrogen) atoms. The van der Waals surface area contributed by atoms with Crippen LogP contribution in [0.15, 0.2) is 36.4 Å². The first-order chi connectivity index (χ1) is 12.5. The fourth-order valence-corrected chi connectivity index (χ4v) is 2.54. The van der Waals surface area contributed by atoms with Crippen molar-refractivity contribution in [3.8, 4) is 17.2 Å². The maximum atomic E-state index is 12.1. The van der Waals surface area contributed by atoms with Crippen molar-refractivity contribution in [1.82, 2.24) is 0 Å². The number of methoxy groups -OCH3 is 3. The summed E-state index contributed by atoms with van der Waals surface area (Å²) in [4.78, 5) is 24.1. The molecule has 138 valence electrons. The Bertz CT molecular complexity index is 777. The Kier molecular flexibility index (Phi) is 6.86. The van der Waals surface area contributed by atoms with Crippen LogP contribution in [0.3, 0.4) is 0 Å². The summed E-state index contributed by atoms with van der Waals surface area (Å²) in [5.41, 5.74) is 0.998. The van der Waals surface area contributed by atoms with E-state index in [-0.39, 0.29) is 18.8 Å². The highest BCUT2D eigenvalue weighted by Gasteiger charge is 2.16. The molecule has 0 bridgehead atoms. The lowest BCUT2D eigenvalue weighted by atomic mass is 10.1. The zero-order valence-corrected chi connectivity index (χ0v) is 15.5. The molecule has 0 aliphatic carbocycles. The maximum absolute atomic E-state index is 12.1. The fourth-order valence-electron chi connectivity index (χ4n) is 2.35. The number of hydrogen-bond donors (Lipinski definition) is 0. The summed E-state index contributed by atoms with van der Waals surface area (Å²) in [5, 5.41) is 0.444. The number of carbonyl (C=O) groups excluding carboxylic acids is 2. The van der Waals surface area contributed by atoms with Crippen LogP contribution in [0.1, 0.15) is 15.9 Å². The first-order valence-corrected chi connectivity index (χ1v) is 8.09. The van der Waals surface area contributed by atoms with Gasteiger partial charge in [0.05, 0.1) is 27.8 Å². The molecule has 0 saturated heterocycles. The van der Waals surface area contributed by atoms with E-state index in [4.69, 9.17) is 30.5 Å². The van der Waals surface area contributed by atoms with E-state index < -0.39 is 5.97 Å². The Balaban J connectivity index is 2.02. The van der Waals surface area contributed by atoms with Crippen molar-refractivity contribution < 1.29 is 28.5 Å². The van der Waals surface area contributed by atoms with Crippen LogP contribution in [-0.2, 0) is 16.0 Å². The zero-order valence-electron chi connectivity index (χ0n) is 14.7. The van der Waals surface area contributed by atoms with Crippen molar-refractivity contribution in [2.24, 2.45) is 0 Å². The number of Topliss-reactive ketones (excluding diaryl/α,β-unsaturated/α-hetero) is 1. The molecule has 0 saturated carbocycles. The van der Waals surface area contributed by atoms with Crippen molar-refractivity contribution >= 4 is 23.4 Å². The normalized spacial score (nSPS) is 10.2. The third-order valence-corrected chi connectivity index (χ3v) is 3.82. The standard InChI is InChI=1S/C19H19ClO6/c1-23-16-7-12(8-17(24-2)19(16)25-3)9-18(22)26-11-15(21)13-5-4-6-14(20)10-13/h4-8,10H,9,11H2,1-3H3. The summed E-state index contributed by atoms with van der Waals surface area (Å²) in [6.45, 7) is -0.358. The molecule has 0 aromatic heterocycles. The van der Waals surface area contributed by atoms with Crippen LogP contribution < -0.4 is 14.2 Å². The van der Waals surface area contributed by atoms with Crippen LogP contribution in [-0.4, -0.2) is 39.7 Å². The lowest BCUT2D eigenvalue weighted by Crippen LogP contribution is -2.15. The summed E-state index contributed by atoms with van der Waals surface area (Å²) >= 11 is 5.85. The molecule has 0 fully saturated rings. The van der Waals surface area contributed by atoms with Gasteiger partial charge in [-0.1, -0.05) is 23.7 Å². The van der Waals surface area contributed by atoms with E-state index in [1.165, 1.54) is 27.4 Å². The molecule has 0 aliphatic heterocycles. The van der Waals surface area contributed by atoms with Gasteiger partial charge in [0.2, 0.25) is 5.75 Å². The minimum Gasteiger partial charge on any atom is -0.493 e. The highest BCUT2D eigenvalue weighted by atomic mass is 35.5. The Labute approximate surface area is 156 Å². The molecule has 0 unspecified atom stereocenters. The molecule has 2 aromatic carbocycles. The van der Waals surface area contributed by atoms with Gasteiger partial charge in [0.15, 0.2) is 23.9 Å². The average molecular weight is 379 g/mol. The van der Waals surface area contributed by atoms with E-state index in [9.17, 15) is 9.59 Å². The quantitative estimate of drug-likeness (QED) is 0.518. The van der Waals surface area contributed by atoms with E-state index in [1.807, 2.05) is 0 Å².